The third kappa shape index (κ3) is 1.66. The topological polar surface area (TPSA) is 38.9 Å². The molecule has 74 valence electrons. The van der Waals surface area contributed by atoms with Crippen molar-refractivity contribution in [2.75, 3.05) is 0 Å². The first kappa shape index (κ1) is 9.65. The van der Waals surface area contributed by atoms with Gasteiger partial charge in [-0.15, -0.1) is 0 Å². The quantitative estimate of drug-likeness (QED) is 0.725. The summed E-state index contributed by atoms with van der Waals surface area (Å²) in [5, 5.41) is 0.921. The van der Waals surface area contributed by atoms with Crippen molar-refractivity contribution in [1.29, 1.82) is 0 Å². The summed E-state index contributed by atoms with van der Waals surface area (Å²) < 4.78 is 6.06. The van der Waals surface area contributed by atoms with Crippen molar-refractivity contribution in [2.24, 2.45) is 0 Å². The predicted octanol–water partition coefficient (Wildman–Crippen LogP) is 3.28. The Morgan fingerprint density at radius 2 is 2.07 bits per heavy atom. The number of rotatable bonds is 0. The van der Waals surface area contributed by atoms with Crippen LogP contribution in [0.4, 0.5) is 0 Å². The molecule has 0 aliphatic heterocycles. The Balaban J connectivity index is 2.62. The van der Waals surface area contributed by atoms with Gasteiger partial charge in [0.1, 0.15) is 5.82 Å². The van der Waals surface area contributed by atoms with Crippen molar-refractivity contribution in [3.63, 3.8) is 0 Å². The number of fused-ring (bicyclic) bond motifs is 1. The molecule has 2 heterocycles. The molecule has 0 atom stereocenters. The van der Waals surface area contributed by atoms with E-state index in [0.717, 1.165) is 11.2 Å². The zero-order valence-corrected chi connectivity index (χ0v) is 9.92. The van der Waals surface area contributed by atoms with E-state index in [9.17, 15) is 0 Å². The van der Waals surface area contributed by atoms with E-state index in [1.807, 2.05) is 6.07 Å². The summed E-state index contributed by atoms with van der Waals surface area (Å²) >= 11 is 3.27. The number of furan rings is 1. The normalized spacial score (nSPS) is 12.3. The monoisotopic (exact) mass is 254 g/mol. The Hall–Kier alpha value is -0.900. The second kappa shape index (κ2) is 3.05. The van der Waals surface area contributed by atoms with Crippen molar-refractivity contribution >= 4 is 27.0 Å². The molecule has 2 aromatic rings. The smallest absolute Gasteiger partial charge is 0.230 e. The maximum atomic E-state index is 5.37. The fourth-order valence-electron chi connectivity index (χ4n) is 1.16. The van der Waals surface area contributed by atoms with E-state index in [-0.39, 0.29) is 5.41 Å². The van der Waals surface area contributed by atoms with Gasteiger partial charge in [-0.1, -0.05) is 20.8 Å². The van der Waals surface area contributed by atoms with Crippen LogP contribution in [0.3, 0.4) is 0 Å². The molecule has 0 saturated carbocycles. The molecule has 0 radical (unpaired) electrons. The zero-order chi connectivity index (χ0) is 10.3. The lowest BCUT2D eigenvalue weighted by Gasteiger charge is -2.15. The minimum absolute atomic E-state index is 0.0482. The SMILES string of the molecule is CC(C)(C)c1ncc2cc(Br)oc2n1. The number of aromatic nitrogens is 2. The molecule has 0 aliphatic rings. The lowest BCUT2D eigenvalue weighted by atomic mass is 9.96. The van der Waals surface area contributed by atoms with E-state index < -0.39 is 0 Å². The summed E-state index contributed by atoms with van der Waals surface area (Å²) in [4.78, 5) is 8.66. The van der Waals surface area contributed by atoms with Gasteiger partial charge in [-0.05, 0) is 15.9 Å². The van der Waals surface area contributed by atoms with Gasteiger partial charge in [-0.2, -0.15) is 4.98 Å². The van der Waals surface area contributed by atoms with Crippen LogP contribution in [-0.2, 0) is 5.41 Å². The van der Waals surface area contributed by atoms with Crippen molar-refractivity contribution in [1.82, 2.24) is 9.97 Å². The van der Waals surface area contributed by atoms with Crippen LogP contribution in [-0.4, -0.2) is 9.97 Å². The van der Waals surface area contributed by atoms with Crippen LogP contribution in [0.25, 0.3) is 11.1 Å². The van der Waals surface area contributed by atoms with Gasteiger partial charge in [0, 0.05) is 17.7 Å². The Kier molecular flexibility index (Phi) is 2.10. The molecule has 0 spiro atoms. The van der Waals surface area contributed by atoms with Gasteiger partial charge in [-0.3, -0.25) is 0 Å². The summed E-state index contributed by atoms with van der Waals surface area (Å²) in [5.74, 6) is 0.798. The maximum Gasteiger partial charge on any atom is 0.230 e. The first-order valence-corrected chi connectivity index (χ1v) is 5.19. The van der Waals surface area contributed by atoms with Gasteiger partial charge >= 0.3 is 0 Å². The van der Waals surface area contributed by atoms with Crippen LogP contribution in [0.15, 0.2) is 21.3 Å². The van der Waals surface area contributed by atoms with E-state index in [1.54, 1.807) is 6.20 Å². The van der Waals surface area contributed by atoms with E-state index in [4.69, 9.17) is 4.42 Å². The zero-order valence-electron chi connectivity index (χ0n) is 8.34. The molecule has 0 saturated heterocycles. The molecule has 0 N–H and O–H groups in total. The molecule has 0 aliphatic carbocycles. The fourth-order valence-corrected chi connectivity index (χ4v) is 1.56. The molecular formula is C10H11BrN2O. The lowest BCUT2D eigenvalue weighted by Crippen LogP contribution is -2.15. The van der Waals surface area contributed by atoms with Crippen molar-refractivity contribution in [3.8, 4) is 0 Å². The average Bonchev–Trinajstić information content (AvgIpc) is 2.41. The third-order valence-electron chi connectivity index (χ3n) is 1.91. The van der Waals surface area contributed by atoms with Crippen LogP contribution in [0, 0.1) is 0 Å². The Morgan fingerprint density at radius 1 is 1.36 bits per heavy atom. The summed E-state index contributed by atoms with van der Waals surface area (Å²) in [6, 6.07) is 1.86. The van der Waals surface area contributed by atoms with Crippen LogP contribution in [0.5, 0.6) is 0 Å². The number of hydrogen-bond acceptors (Lipinski definition) is 3. The second-order valence-corrected chi connectivity index (χ2v) is 5.04. The largest absolute Gasteiger partial charge is 0.431 e. The van der Waals surface area contributed by atoms with E-state index >= 15 is 0 Å². The van der Waals surface area contributed by atoms with E-state index in [0.29, 0.717) is 10.4 Å². The molecule has 14 heavy (non-hydrogen) atoms. The van der Waals surface area contributed by atoms with Crippen LogP contribution >= 0.6 is 15.9 Å². The number of halogens is 1. The summed E-state index contributed by atoms with van der Waals surface area (Å²) in [6.45, 7) is 6.23. The first-order valence-electron chi connectivity index (χ1n) is 4.39. The van der Waals surface area contributed by atoms with Gasteiger partial charge in [0.05, 0.1) is 5.39 Å². The van der Waals surface area contributed by atoms with Crippen molar-refractivity contribution < 1.29 is 4.42 Å². The van der Waals surface area contributed by atoms with Crippen molar-refractivity contribution in [2.45, 2.75) is 26.2 Å². The minimum Gasteiger partial charge on any atom is -0.431 e. The highest BCUT2D eigenvalue weighted by molar-refractivity contribution is 9.10. The van der Waals surface area contributed by atoms with Gasteiger partial charge in [0.25, 0.3) is 0 Å². The Labute approximate surface area is 90.7 Å². The second-order valence-electron chi connectivity index (χ2n) is 4.25. The highest BCUT2D eigenvalue weighted by Crippen LogP contribution is 2.24. The molecule has 0 unspecified atom stereocenters. The molecule has 3 nitrogen and oxygen atoms in total. The molecule has 0 amide bonds. The van der Waals surface area contributed by atoms with Gasteiger partial charge in [0.2, 0.25) is 5.71 Å². The summed E-state index contributed by atoms with van der Waals surface area (Å²) in [5.41, 5.74) is 0.588. The molecule has 0 bridgehead atoms. The standard InChI is InChI=1S/C10H11BrN2O/c1-10(2,3)9-12-5-6-4-7(11)14-8(6)13-9/h4-5H,1-3H3. The average molecular weight is 255 g/mol. The van der Waals surface area contributed by atoms with Gasteiger partial charge in [0.15, 0.2) is 4.67 Å². The van der Waals surface area contributed by atoms with Crippen LogP contribution in [0.1, 0.15) is 26.6 Å². The van der Waals surface area contributed by atoms with E-state index in [2.05, 4.69) is 46.7 Å². The lowest BCUT2D eigenvalue weighted by molar-refractivity contribution is 0.529. The van der Waals surface area contributed by atoms with Crippen LogP contribution in [0.2, 0.25) is 0 Å². The highest BCUT2D eigenvalue weighted by Gasteiger charge is 2.18. The molecule has 0 fully saturated rings. The van der Waals surface area contributed by atoms with E-state index in [1.165, 1.54) is 0 Å². The Bertz CT molecular complexity index is 470. The fraction of sp³-hybridized carbons (Fsp3) is 0.400. The number of nitrogens with zero attached hydrogens (tertiary/aromatic N) is 2. The number of hydrogen-bond donors (Lipinski definition) is 0. The van der Waals surface area contributed by atoms with Crippen LogP contribution < -0.4 is 0 Å². The molecule has 2 aromatic heterocycles. The molecule has 4 heteroatoms. The molecule has 0 aromatic carbocycles. The molecular weight excluding hydrogens is 244 g/mol. The molecule has 2 rings (SSSR count). The highest BCUT2D eigenvalue weighted by atomic mass is 79.9. The Morgan fingerprint density at radius 3 is 2.71 bits per heavy atom. The minimum atomic E-state index is -0.0482. The van der Waals surface area contributed by atoms with Crippen molar-refractivity contribution in [3.05, 3.63) is 22.8 Å². The van der Waals surface area contributed by atoms with Gasteiger partial charge < -0.3 is 4.42 Å². The summed E-state index contributed by atoms with van der Waals surface area (Å²) in [7, 11) is 0. The van der Waals surface area contributed by atoms with Gasteiger partial charge in [-0.25, -0.2) is 4.98 Å². The summed E-state index contributed by atoms with van der Waals surface area (Å²) in [6.07, 6.45) is 1.79. The predicted molar refractivity (Wildman–Crippen MR) is 58.2 cm³/mol. The first-order chi connectivity index (χ1) is 6.47. The third-order valence-corrected chi connectivity index (χ3v) is 2.31. The maximum absolute atomic E-state index is 5.37.